The van der Waals surface area contributed by atoms with Crippen LogP contribution >= 0.6 is 0 Å². The number of nitrogens with one attached hydrogen (secondary N) is 1. The molecule has 3 aromatic rings. The number of carbonyl (C=O) groups is 1. The molecule has 1 N–H and O–H groups in total. The van der Waals surface area contributed by atoms with Gasteiger partial charge in [-0.15, -0.1) is 0 Å². The van der Waals surface area contributed by atoms with Crippen molar-refractivity contribution in [2.24, 2.45) is 0 Å². The van der Waals surface area contributed by atoms with Crippen LogP contribution in [0, 0.1) is 0 Å². The molecule has 0 aliphatic carbocycles. The molecule has 0 saturated heterocycles. The van der Waals surface area contributed by atoms with Crippen LogP contribution in [0.1, 0.15) is 12.5 Å². The van der Waals surface area contributed by atoms with Gasteiger partial charge in [-0.25, -0.2) is 0 Å². The number of amides is 1. The van der Waals surface area contributed by atoms with Crippen LogP contribution in [0.4, 0.5) is 5.69 Å². The maximum absolute atomic E-state index is 12.5. The first-order valence-electron chi connectivity index (χ1n) is 8.20. The molecule has 0 bridgehead atoms. The fraction of sp³-hybridized carbons (Fsp3) is 0.190. The quantitative estimate of drug-likeness (QED) is 0.726. The molecular weight excluding hydrogens is 314 g/mol. The van der Waals surface area contributed by atoms with Crippen molar-refractivity contribution in [1.82, 2.24) is 0 Å². The molecule has 0 fully saturated rings. The Labute approximate surface area is 147 Å². The Balaban J connectivity index is 1.71. The van der Waals surface area contributed by atoms with Gasteiger partial charge in [0.15, 0.2) is 6.10 Å². The van der Waals surface area contributed by atoms with Crippen molar-refractivity contribution in [3.05, 3.63) is 72.3 Å². The number of fused-ring (bicyclic) bond motifs is 1. The minimum atomic E-state index is -0.614. The zero-order chi connectivity index (χ0) is 17.6. The van der Waals surface area contributed by atoms with E-state index < -0.39 is 6.10 Å². The Morgan fingerprint density at radius 1 is 1.04 bits per heavy atom. The lowest BCUT2D eigenvalue weighted by molar-refractivity contribution is -0.122. The molecule has 4 nitrogen and oxygen atoms in total. The number of hydrogen-bond donors (Lipinski definition) is 1. The first-order valence-corrected chi connectivity index (χ1v) is 8.20. The first kappa shape index (κ1) is 17.0. The van der Waals surface area contributed by atoms with Crippen LogP contribution < -0.4 is 10.1 Å². The van der Waals surface area contributed by atoms with Gasteiger partial charge in [-0.3, -0.25) is 4.79 Å². The van der Waals surface area contributed by atoms with E-state index in [-0.39, 0.29) is 5.91 Å². The maximum Gasteiger partial charge on any atom is 0.265 e. The Kier molecular flexibility index (Phi) is 5.31. The summed E-state index contributed by atoms with van der Waals surface area (Å²) in [6.45, 7) is 2.25. The molecule has 0 heterocycles. The van der Waals surface area contributed by atoms with Gasteiger partial charge in [-0.2, -0.15) is 0 Å². The average molecular weight is 335 g/mol. The van der Waals surface area contributed by atoms with Crippen molar-refractivity contribution in [3.63, 3.8) is 0 Å². The summed E-state index contributed by atoms with van der Waals surface area (Å²) >= 11 is 0. The number of anilines is 1. The molecule has 1 atom stereocenters. The van der Waals surface area contributed by atoms with Gasteiger partial charge in [-0.05, 0) is 36.1 Å². The molecule has 25 heavy (non-hydrogen) atoms. The normalized spacial score (nSPS) is 11.9. The first-order chi connectivity index (χ1) is 12.2. The minimum absolute atomic E-state index is 0.192. The molecular formula is C21H21NO3. The van der Waals surface area contributed by atoms with Gasteiger partial charge in [0, 0.05) is 18.2 Å². The largest absolute Gasteiger partial charge is 0.480 e. The Morgan fingerprint density at radius 2 is 1.80 bits per heavy atom. The van der Waals surface area contributed by atoms with Crippen LogP contribution in [0.25, 0.3) is 10.8 Å². The van der Waals surface area contributed by atoms with E-state index in [1.54, 1.807) is 14.0 Å². The standard InChI is InChI=1S/C21H21NO3/c1-15(21(23)22-18-10-5-7-16(13-18)14-24-2)25-20-12-6-9-17-8-3-4-11-19(17)20/h3-13,15H,14H2,1-2H3,(H,22,23)/t15-/m0/s1. The summed E-state index contributed by atoms with van der Waals surface area (Å²) in [5.41, 5.74) is 1.73. The summed E-state index contributed by atoms with van der Waals surface area (Å²) in [5.74, 6) is 0.511. The van der Waals surface area contributed by atoms with Gasteiger partial charge >= 0.3 is 0 Å². The third-order valence-electron chi connectivity index (χ3n) is 3.93. The fourth-order valence-corrected chi connectivity index (χ4v) is 2.69. The van der Waals surface area contributed by atoms with Gasteiger partial charge < -0.3 is 14.8 Å². The Hall–Kier alpha value is -2.85. The second-order valence-electron chi connectivity index (χ2n) is 5.86. The van der Waals surface area contributed by atoms with Crippen molar-refractivity contribution in [1.29, 1.82) is 0 Å². The van der Waals surface area contributed by atoms with E-state index in [0.29, 0.717) is 12.4 Å². The summed E-state index contributed by atoms with van der Waals surface area (Å²) in [5, 5.41) is 4.96. The highest BCUT2D eigenvalue weighted by atomic mass is 16.5. The summed E-state index contributed by atoms with van der Waals surface area (Å²) in [6.07, 6.45) is -0.614. The van der Waals surface area contributed by atoms with E-state index >= 15 is 0 Å². The number of methoxy groups -OCH3 is 1. The summed E-state index contributed by atoms with van der Waals surface area (Å²) in [7, 11) is 1.64. The highest BCUT2D eigenvalue weighted by Crippen LogP contribution is 2.26. The fourth-order valence-electron chi connectivity index (χ4n) is 2.69. The zero-order valence-electron chi connectivity index (χ0n) is 14.4. The summed E-state index contributed by atoms with van der Waals surface area (Å²) in [6, 6.07) is 21.4. The monoisotopic (exact) mass is 335 g/mol. The number of carbonyl (C=O) groups excluding carboxylic acids is 1. The second-order valence-corrected chi connectivity index (χ2v) is 5.86. The van der Waals surface area contributed by atoms with Crippen molar-refractivity contribution in [2.75, 3.05) is 12.4 Å². The van der Waals surface area contributed by atoms with E-state index in [2.05, 4.69) is 5.32 Å². The van der Waals surface area contributed by atoms with Gasteiger partial charge in [-0.1, -0.05) is 48.5 Å². The van der Waals surface area contributed by atoms with Crippen LogP contribution in [0.3, 0.4) is 0 Å². The number of rotatable bonds is 6. The van der Waals surface area contributed by atoms with Gasteiger partial charge in [0.05, 0.1) is 6.61 Å². The van der Waals surface area contributed by atoms with E-state index in [1.165, 1.54) is 0 Å². The van der Waals surface area contributed by atoms with E-state index in [9.17, 15) is 4.79 Å². The average Bonchev–Trinajstić information content (AvgIpc) is 2.62. The molecule has 4 heteroatoms. The van der Waals surface area contributed by atoms with E-state index in [1.807, 2.05) is 66.7 Å². The smallest absolute Gasteiger partial charge is 0.265 e. The van der Waals surface area contributed by atoms with Gasteiger partial charge in [0.1, 0.15) is 5.75 Å². The number of benzene rings is 3. The van der Waals surface area contributed by atoms with Crippen molar-refractivity contribution >= 4 is 22.4 Å². The zero-order valence-corrected chi connectivity index (χ0v) is 14.4. The SMILES string of the molecule is COCc1cccc(NC(=O)[C@H](C)Oc2cccc3ccccc23)c1. The number of ether oxygens (including phenoxy) is 2. The van der Waals surface area contributed by atoms with E-state index in [0.717, 1.165) is 22.0 Å². The van der Waals surface area contributed by atoms with Crippen LogP contribution in [-0.4, -0.2) is 19.1 Å². The molecule has 0 saturated carbocycles. The van der Waals surface area contributed by atoms with Crippen molar-refractivity contribution in [2.45, 2.75) is 19.6 Å². The van der Waals surface area contributed by atoms with Crippen LogP contribution in [0.5, 0.6) is 5.75 Å². The van der Waals surface area contributed by atoms with Crippen LogP contribution in [0.2, 0.25) is 0 Å². The Bertz CT molecular complexity index is 870. The van der Waals surface area contributed by atoms with Crippen LogP contribution in [-0.2, 0) is 16.1 Å². The van der Waals surface area contributed by atoms with Crippen LogP contribution in [0.15, 0.2) is 66.7 Å². The number of hydrogen-bond acceptors (Lipinski definition) is 3. The molecule has 128 valence electrons. The highest BCUT2D eigenvalue weighted by molar-refractivity contribution is 5.95. The van der Waals surface area contributed by atoms with E-state index in [4.69, 9.17) is 9.47 Å². The molecule has 0 aromatic heterocycles. The molecule has 0 aliphatic heterocycles. The maximum atomic E-state index is 12.5. The minimum Gasteiger partial charge on any atom is -0.480 e. The molecule has 0 spiro atoms. The third-order valence-corrected chi connectivity index (χ3v) is 3.93. The van der Waals surface area contributed by atoms with Crippen molar-refractivity contribution in [3.8, 4) is 5.75 Å². The molecule has 0 unspecified atom stereocenters. The molecule has 3 rings (SSSR count). The van der Waals surface area contributed by atoms with Crippen molar-refractivity contribution < 1.29 is 14.3 Å². The summed E-state index contributed by atoms with van der Waals surface area (Å²) < 4.78 is 11.0. The third kappa shape index (κ3) is 4.17. The lowest BCUT2D eigenvalue weighted by atomic mass is 10.1. The molecule has 3 aromatic carbocycles. The predicted molar refractivity (Wildman–Crippen MR) is 99.8 cm³/mol. The molecule has 1 amide bonds. The molecule has 0 aliphatic rings. The summed E-state index contributed by atoms with van der Waals surface area (Å²) in [4.78, 5) is 12.5. The predicted octanol–water partition coefficient (Wildman–Crippen LogP) is 4.39. The Morgan fingerprint density at radius 3 is 2.64 bits per heavy atom. The highest BCUT2D eigenvalue weighted by Gasteiger charge is 2.16. The van der Waals surface area contributed by atoms with Gasteiger partial charge in [0.2, 0.25) is 0 Å². The molecule has 0 radical (unpaired) electrons. The topological polar surface area (TPSA) is 47.6 Å². The lowest BCUT2D eigenvalue weighted by Gasteiger charge is -2.16. The van der Waals surface area contributed by atoms with Gasteiger partial charge in [0.25, 0.3) is 5.91 Å². The lowest BCUT2D eigenvalue weighted by Crippen LogP contribution is -2.30. The second kappa shape index (κ2) is 7.81.